The number of fused-ring (bicyclic) bond motifs is 1. The maximum absolute atomic E-state index is 13.1. The van der Waals surface area contributed by atoms with Crippen LogP contribution in [0, 0.1) is 5.92 Å². The van der Waals surface area contributed by atoms with Crippen molar-refractivity contribution in [3.05, 3.63) is 46.4 Å². The molecule has 0 bridgehead atoms. The number of hydrogen-bond acceptors (Lipinski definition) is 5. The third-order valence-electron chi connectivity index (χ3n) is 6.00. The summed E-state index contributed by atoms with van der Waals surface area (Å²) in [4.78, 5) is 15.2. The van der Waals surface area contributed by atoms with Crippen LogP contribution >= 0.6 is 15.9 Å². The predicted octanol–water partition coefficient (Wildman–Crippen LogP) is 3.46. The van der Waals surface area contributed by atoms with Gasteiger partial charge in [-0.15, -0.1) is 0 Å². The Labute approximate surface area is 191 Å². The lowest BCUT2D eigenvalue weighted by atomic mass is 9.96. The highest BCUT2D eigenvalue weighted by Crippen LogP contribution is 2.35. The molecule has 2 aromatic carbocycles. The van der Waals surface area contributed by atoms with Gasteiger partial charge in [0.25, 0.3) is 0 Å². The van der Waals surface area contributed by atoms with E-state index < -0.39 is 10.0 Å². The zero-order chi connectivity index (χ0) is 22.2. The molecule has 0 N–H and O–H groups in total. The number of benzene rings is 2. The number of anilines is 1. The zero-order valence-electron chi connectivity index (χ0n) is 17.5. The molecule has 0 radical (unpaired) electrons. The molecular weight excluding hydrogens is 484 g/mol. The molecule has 0 atom stereocenters. The molecule has 1 saturated heterocycles. The van der Waals surface area contributed by atoms with Crippen molar-refractivity contribution in [2.24, 2.45) is 5.92 Å². The molecule has 0 aromatic heterocycles. The van der Waals surface area contributed by atoms with Gasteiger partial charge in [-0.2, -0.15) is 4.31 Å². The fourth-order valence-electron chi connectivity index (χ4n) is 4.29. The molecule has 2 heterocycles. The second kappa shape index (κ2) is 8.80. The number of hydrogen-bond donors (Lipinski definition) is 0. The molecule has 7 nitrogen and oxygen atoms in total. The molecule has 0 saturated carbocycles. The molecule has 2 aliphatic rings. The summed E-state index contributed by atoms with van der Waals surface area (Å²) < 4.78 is 39.1. The van der Waals surface area contributed by atoms with Crippen molar-refractivity contribution in [2.45, 2.75) is 24.2 Å². The van der Waals surface area contributed by atoms with Crippen LogP contribution < -0.4 is 14.4 Å². The van der Waals surface area contributed by atoms with Gasteiger partial charge in [-0.1, -0.05) is 15.9 Å². The molecule has 2 aromatic rings. The van der Waals surface area contributed by atoms with E-state index in [9.17, 15) is 13.2 Å². The first-order valence-electron chi connectivity index (χ1n) is 10.2. The van der Waals surface area contributed by atoms with Gasteiger partial charge in [0.15, 0.2) is 11.5 Å². The summed E-state index contributed by atoms with van der Waals surface area (Å²) in [7, 11) is -0.695. The van der Waals surface area contributed by atoms with Gasteiger partial charge in [0.05, 0.1) is 19.1 Å². The number of methoxy groups -OCH3 is 2. The smallest absolute Gasteiger partial charge is 0.243 e. The molecule has 166 valence electrons. The summed E-state index contributed by atoms with van der Waals surface area (Å²) in [6.45, 7) is 1.30. The van der Waals surface area contributed by atoms with Crippen molar-refractivity contribution in [1.82, 2.24) is 4.31 Å². The first-order chi connectivity index (χ1) is 14.8. The highest BCUT2D eigenvalue weighted by molar-refractivity contribution is 9.10. The number of carbonyl (C=O) groups excluding carboxylic acids is 1. The van der Waals surface area contributed by atoms with Crippen LogP contribution in [0.3, 0.4) is 0 Å². The second-order valence-corrected chi connectivity index (χ2v) is 10.6. The number of rotatable bonds is 5. The van der Waals surface area contributed by atoms with E-state index in [1.165, 1.54) is 30.7 Å². The topological polar surface area (TPSA) is 76.2 Å². The van der Waals surface area contributed by atoms with Crippen LogP contribution in [0.1, 0.15) is 18.4 Å². The largest absolute Gasteiger partial charge is 0.493 e. The summed E-state index contributed by atoms with van der Waals surface area (Å²) in [5, 5.41) is 0. The first-order valence-corrected chi connectivity index (χ1v) is 12.4. The zero-order valence-corrected chi connectivity index (χ0v) is 19.9. The maximum atomic E-state index is 13.1. The SMILES string of the molecule is COc1ccc(S(=O)(=O)N2CCC(C(=O)N3CCc4cc(Br)ccc43)CC2)cc1OC. The van der Waals surface area contributed by atoms with Crippen LogP contribution in [-0.4, -0.2) is 52.5 Å². The van der Waals surface area contributed by atoms with E-state index in [0.717, 1.165) is 22.1 Å². The quantitative estimate of drug-likeness (QED) is 0.617. The van der Waals surface area contributed by atoms with Gasteiger partial charge in [-0.3, -0.25) is 4.79 Å². The third-order valence-corrected chi connectivity index (χ3v) is 8.39. The Balaban J connectivity index is 1.45. The summed E-state index contributed by atoms with van der Waals surface area (Å²) in [6, 6.07) is 10.6. The Morgan fingerprint density at radius 3 is 2.39 bits per heavy atom. The maximum Gasteiger partial charge on any atom is 0.243 e. The fourth-order valence-corrected chi connectivity index (χ4v) is 6.18. The Bertz CT molecular complexity index is 1100. The van der Waals surface area contributed by atoms with Gasteiger partial charge >= 0.3 is 0 Å². The van der Waals surface area contributed by atoms with Gasteiger partial charge in [0.2, 0.25) is 15.9 Å². The number of ether oxygens (including phenoxy) is 2. The average molecular weight is 509 g/mol. The van der Waals surface area contributed by atoms with Crippen LogP contribution in [0.25, 0.3) is 0 Å². The van der Waals surface area contributed by atoms with Crippen molar-refractivity contribution in [1.29, 1.82) is 0 Å². The lowest BCUT2D eigenvalue weighted by Gasteiger charge is -2.32. The predicted molar refractivity (Wildman–Crippen MR) is 121 cm³/mol. The third kappa shape index (κ3) is 4.18. The summed E-state index contributed by atoms with van der Waals surface area (Å²) in [6.07, 6.45) is 1.86. The van der Waals surface area contributed by atoms with E-state index in [1.807, 2.05) is 17.0 Å². The number of nitrogens with zero attached hydrogens (tertiary/aromatic N) is 2. The van der Waals surface area contributed by atoms with E-state index >= 15 is 0 Å². The van der Waals surface area contributed by atoms with Crippen LogP contribution in [0.4, 0.5) is 5.69 Å². The molecular formula is C22H25BrN2O5S. The molecule has 2 aliphatic heterocycles. The van der Waals surface area contributed by atoms with Crippen molar-refractivity contribution in [3.8, 4) is 11.5 Å². The minimum Gasteiger partial charge on any atom is -0.493 e. The standard InChI is InChI=1S/C22H25BrN2O5S/c1-29-20-6-4-18(14-21(20)30-2)31(27,28)24-10-7-15(8-11-24)22(26)25-12-9-16-13-17(23)3-5-19(16)25/h3-6,13-15H,7-12H2,1-2H3. The van der Waals surface area contributed by atoms with Crippen LogP contribution in [0.5, 0.6) is 11.5 Å². The number of sulfonamides is 1. The van der Waals surface area contributed by atoms with Crippen LogP contribution in [0.15, 0.2) is 45.8 Å². The summed E-state index contributed by atoms with van der Waals surface area (Å²) in [5.74, 6) is 0.757. The molecule has 1 fully saturated rings. The van der Waals surface area contributed by atoms with Gasteiger partial charge in [-0.25, -0.2) is 8.42 Å². The lowest BCUT2D eigenvalue weighted by molar-refractivity contribution is -0.123. The molecule has 0 spiro atoms. The molecule has 1 amide bonds. The Kier molecular flexibility index (Phi) is 6.27. The highest BCUT2D eigenvalue weighted by Gasteiger charge is 2.36. The summed E-state index contributed by atoms with van der Waals surface area (Å²) >= 11 is 3.48. The first kappa shape index (κ1) is 22.1. The minimum absolute atomic E-state index is 0.0873. The van der Waals surface area contributed by atoms with Crippen molar-refractivity contribution in [3.63, 3.8) is 0 Å². The van der Waals surface area contributed by atoms with E-state index in [2.05, 4.69) is 22.0 Å². The van der Waals surface area contributed by atoms with E-state index in [0.29, 0.717) is 44.0 Å². The van der Waals surface area contributed by atoms with E-state index in [-0.39, 0.29) is 16.7 Å². The monoisotopic (exact) mass is 508 g/mol. The van der Waals surface area contributed by atoms with Crippen LogP contribution in [-0.2, 0) is 21.2 Å². The second-order valence-electron chi connectivity index (χ2n) is 7.71. The van der Waals surface area contributed by atoms with Crippen molar-refractivity contribution >= 4 is 37.5 Å². The minimum atomic E-state index is -3.67. The fraction of sp³-hybridized carbons (Fsp3) is 0.409. The Morgan fingerprint density at radius 1 is 1.00 bits per heavy atom. The van der Waals surface area contributed by atoms with E-state index in [4.69, 9.17) is 9.47 Å². The summed E-state index contributed by atoms with van der Waals surface area (Å²) in [5.41, 5.74) is 2.13. The van der Waals surface area contributed by atoms with Gasteiger partial charge < -0.3 is 14.4 Å². The highest BCUT2D eigenvalue weighted by atomic mass is 79.9. The molecule has 0 unspecified atom stereocenters. The average Bonchev–Trinajstić information content (AvgIpc) is 3.21. The van der Waals surface area contributed by atoms with Gasteiger partial charge in [0, 0.05) is 41.8 Å². The number of amides is 1. The molecule has 9 heteroatoms. The van der Waals surface area contributed by atoms with Crippen molar-refractivity contribution in [2.75, 3.05) is 38.8 Å². The molecule has 0 aliphatic carbocycles. The van der Waals surface area contributed by atoms with Gasteiger partial charge in [0.1, 0.15) is 0 Å². The number of piperidine rings is 1. The number of carbonyl (C=O) groups is 1. The Hall–Kier alpha value is -2.10. The van der Waals surface area contributed by atoms with Gasteiger partial charge in [-0.05, 0) is 55.2 Å². The lowest BCUT2D eigenvalue weighted by Crippen LogP contribution is -2.44. The van der Waals surface area contributed by atoms with Crippen LogP contribution in [0.2, 0.25) is 0 Å². The van der Waals surface area contributed by atoms with E-state index in [1.54, 1.807) is 6.07 Å². The van der Waals surface area contributed by atoms with Crippen molar-refractivity contribution < 1.29 is 22.7 Å². The normalized spacial score (nSPS) is 17.5. The molecule has 4 rings (SSSR count). The molecule has 31 heavy (non-hydrogen) atoms. The number of halogens is 1. The Morgan fingerprint density at radius 2 is 1.71 bits per heavy atom.